The van der Waals surface area contributed by atoms with E-state index in [1.807, 2.05) is 37.3 Å². The number of phenols is 1. The molecular weight excluding hydrogens is 299 g/mol. The summed E-state index contributed by atoms with van der Waals surface area (Å²) in [6.07, 6.45) is 5.39. The molecule has 0 aliphatic heterocycles. The van der Waals surface area contributed by atoms with Gasteiger partial charge in [-0.2, -0.15) is 0 Å². The number of rotatable bonds is 6. The number of aliphatic hydroxyl groups excluding tert-OH is 1. The second kappa shape index (κ2) is 8.11. The van der Waals surface area contributed by atoms with E-state index < -0.39 is 0 Å². The number of ether oxygens (including phenoxy) is 1. The summed E-state index contributed by atoms with van der Waals surface area (Å²) in [6.45, 7) is 5.47. The average molecular weight is 318 g/mol. The van der Waals surface area contributed by atoms with E-state index in [1.165, 1.54) is 0 Å². The monoisotopic (exact) mass is 318 g/mol. The molecule has 24 heavy (non-hydrogen) atoms. The molecule has 0 amide bonds. The number of phenolic OH excluding ortho intramolecular Hbond substituents is 1. The number of hydrogen-bond acceptors (Lipinski definition) is 3. The normalized spacial score (nSPS) is 11.6. The minimum Gasteiger partial charge on any atom is -0.508 e. The zero-order valence-electron chi connectivity index (χ0n) is 13.6. The molecule has 0 bridgehead atoms. The average Bonchev–Trinajstić information content (AvgIpc) is 2.57. The van der Waals surface area contributed by atoms with Crippen LogP contribution in [0.25, 0.3) is 16.7 Å². The van der Waals surface area contributed by atoms with Crippen LogP contribution in [0.15, 0.2) is 73.0 Å². The first-order valence-corrected chi connectivity index (χ1v) is 7.56. The van der Waals surface area contributed by atoms with Crippen molar-refractivity contribution in [3.05, 3.63) is 78.6 Å². The van der Waals surface area contributed by atoms with E-state index in [-0.39, 0.29) is 18.0 Å². The summed E-state index contributed by atoms with van der Waals surface area (Å²) in [5.41, 5.74) is 2.47. The maximum absolute atomic E-state index is 10.2. The van der Waals surface area contributed by atoms with Crippen LogP contribution in [0, 0.1) is 0 Å². The van der Waals surface area contributed by atoms with Gasteiger partial charge in [0.05, 0.1) is 0 Å². The van der Waals surface area contributed by atoms with E-state index in [9.17, 15) is 10.2 Å². The molecule has 2 aromatic rings. The second-order valence-electron chi connectivity index (χ2n) is 5.06. The Bertz CT molecular complexity index is 791. The minimum absolute atomic E-state index is 0.0353. The van der Waals surface area contributed by atoms with Crippen LogP contribution in [-0.2, 0) is 0 Å². The van der Waals surface area contributed by atoms with Crippen LogP contribution in [0.4, 0.5) is 0 Å². The van der Waals surface area contributed by atoms with Crippen molar-refractivity contribution >= 4 is 13.4 Å². The van der Waals surface area contributed by atoms with Crippen molar-refractivity contribution in [1.82, 2.24) is 0 Å². The third-order valence-electron chi connectivity index (χ3n) is 3.49. The number of allylic oxidation sites excluding steroid dienone is 4. The number of hydrogen-bond donors (Lipinski definition) is 2. The van der Waals surface area contributed by atoms with E-state index in [0.29, 0.717) is 28.0 Å². The largest absolute Gasteiger partial charge is 0.508 e. The second-order valence-corrected chi connectivity index (χ2v) is 5.06. The maximum atomic E-state index is 10.2. The molecule has 2 rings (SSSR count). The van der Waals surface area contributed by atoms with Crippen LogP contribution in [0.3, 0.4) is 0 Å². The predicted octanol–water partition coefficient (Wildman–Crippen LogP) is 4.60. The Labute approximate surface area is 143 Å². The highest BCUT2D eigenvalue weighted by Gasteiger charge is 2.17. The van der Waals surface area contributed by atoms with Gasteiger partial charge in [0.15, 0.2) is 0 Å². The van der Waals surface area contributed by atoms with Crippen molar-refractivity contribution in [1.29, 1.82) is 0 Å². The van der Waals surface area contributed by atoms with Crippen LogP contribution in [0.1, 0.15) is 12.5 Å². The number of aromatic hydroxyl groups is 1. The molecule has 0 aliphatic rings. The van der Waals surface area contributed by atoms with Crippen LogP contribution in [0.5, 0.6) is 11.5 Å². The van der Waals surface area contributed by atoms with Crippen LogP contribution >= 0.6 is 0 Å². The molecule has 0 fully saturated rings. The summed E-state index contributed by atoms with van der Waals surface area (Å²) in [7, 11) is 5.59. The van der Waals surface area contributed by atoms with Gasteiger partial charge >= 0.3 is 0 Å². The van der Waals surface area contributed by atoms with Gasteiger partial charge in [0, 0.05) is 28.8 Å². The van der Waals surface area contributed by atoms with Crippen molar-refractivity contribution in [2.75, 3.05) is 6.51 Å². The van der Waals surface area contributed by atoms with E-state index in [2.05, 4.69) is 6.58 Å². The van der Waals surface area contributed by atoms with Crippen molar-refractivity contribution in [3.8, 4) is 22.6 Å². The standard InChI is InChI=1S/C20H19BO3/c1-3-4-8-15(14(2)22)17-10-7-11-18(20(17)24-13-21)16-9-5-6-12-19(16)23/h3-12,22-23H,2,13H2,1H3/b4-3-,15-8+. The summed E-state index contributed by atoms with van der Waals surface area (Å²) in [5, 5.41) is 20.1. The van der Waals surface area contributed by atoms with Gasteiger partial charge in [0.1, 0.15) is 25.1 Å². The molecule has 0 unspecified atom stereocenters. The molecule has 2 radical (unpaired) electrons. The van der Waals surface area contributed by atoms with Gasteiger partial charge < -0.3 is 14.9 Å². The zero-order valence-corrected chi connectivity index (χ0v) is 13.6. The van der Waals surface area contributed by atoms with Gasteiger partial charge in [-0.3, -0.25) is 0 Å². The lowest BCUT2D eigenvalue weighted by Gasteiger charge is -2.17. The predicted molar refractivity (Wildman–Crippen MR) is 99.4 cm³/mol. The highest BCUT2D eigenvalue weighted by molar-refractivity contribution is 6.08. The third-order valence-corrected chi connectivity index (χ3v) is 3.49. The van der Waals surface area contributed by atoms with Crippen LogP contribution < -0.4 is 4.74 Å². The molecule has 0 atom stereocenters. The summed E-state index contributed by atoms with van der Waals surface area (Å²) in [4.78, 5) is 0. The number of para-hydroxylation sites is 2. The van der Waals surface area contributed by atoms with Gasteiger partial charge in [-0.15, -0.1) is 0 Å². The molecule has 4 heteroatoms. The first kappa shape index (κ1) is 17.5. The molecule has 0 spiro atoms. The molecule has 0 aliphatic carbocycles. The molecule has 2 aromatic carbocycles. The van der Waals surface area contributed by atoms with E-state index in [4.69, 9.17) is 12.6 Å². The zero-order chi connectivity index (χ0) is 17.5. The van der Waals surface area contributed by atoms with Crippen molar-refractivity contribution in [2.45, 2.75) is 6.92 Å². The van der Waals surface area contributed by atoms with Crippen molar-refractivity contribution in [3.63, 3.8) is 0 Å². The Morgan fingerprint density at radius 1 is 1.17 bits per heavy atom. The lowest BCUT2D eigenvalue weighted by atomic mass is 9.95. The van der Waals surface area contributed by atoms with Gasteiger partial charge in [-0.05, 0) is 13.0 Å². The van der Waals surface area contributed by atoms with Gasteiger partial charge in [0.25, 0.3) is 0 Å². The van der Waals surface area contributed by atoms with Crippen LogP contribution in [0.2, 0.25) is 0 Å². The Morgan fingerprint density at radius 3 is 2.50 bits per heavy atom. The van der Waals surface area contributed by atoms with Gasteiger partial charge in [0.2, 0.25) is 0 Å². The van der Waals surface area contributed by atoms with E-state index >= 15 is 0 Å². The van der Waals surface area contributed by atoms with Gasteiger partial charge in [-0.1, -0.05) is 61.2 Å². The highest BCUT2D eigenvalue weighted by atomic mass is 16.5. The number of benzene rings is 2. The van der Waals surface area contributed by atoms with E-state index in [1.54, 1.807) is 30.4 Å². The molecular formula is C20H19BO3. The molecule has 0 saturated carbocycles. The SMILES string of the molecule is [B]COc1c(/C(=C/C=C\C)C(=C)O)cccc1-c1ccccc1O. The van der Waals surface area contributed by atoms with Crippen molar-refractivity contribution in [2.24, 2.45) is 0 Å². The summed E-state index contributed by atoms with van der Waals surface area (Å²) < 4.78 is 5.64. The first-order chi connectivity index (χ1) is 11.6. The highest BCUT2D eigenvalue weighted by Crippen LogP contribution is 2.41. The molecule has 120 valence electrons. The summed E-state index contributed by atoms with van der Waals surface area (Å²) in [5.74, 6) is 0.537. The van der Waals surface area contributed by atoms with E-state index in [0.717, 1.165) is 0 Å². The Kier molecular flexibility index (Phi) is 5.91. The molecule has 2 N–H and O–H groups in total. The summed E-state index contributed by atoms with van der Waals surface area (Å²) in [6, 6.07) is 12.4. The molecule has 0 saturated heterocycles. The lowest BCUT2D eigenvalue weighted by molar-refractivity contribution is 0.386. The van der Waals surface area contributed by atoms with Gasteiger partial charge in [-0.25, -0.2) is 0 Å². The topological polar surface area (TPSA) is 49.7 Å². The molecule has 3 nitrogen and oxygen atoms in total. The fourth-order valence-electron chi connectivity index (χ4n) is 2.44. The third kappa shape index (κ3) is 3.71. The maximum Gasteiger partial charge on any atom is 0.133 e. The number of aliphatic hydroxyl groups is 1. The lowest BCUT2D eigenvalue weighted by Crippen LogP contribution is -2.02. The molecule has 0 aromatic heterocycles. The minimum atomic E-state index is -0.0793. The summed E-state index contributed by atoms with van der Waals surface area (Å²) >= 11 is 0. The quantitative estimate of drug-likeness (QED) is 0.465. The Hall–Kier alpha value is -2.88. The Balaban J connectivity index is 2.72. The van der Waals surface area contributed by atoms with Crippen molar-refractivity contribution < 1.29 is 14.9 Å². The van der Waals surface area contributed by atoms with Crippen LogP contribution in [-0.4, -0.2) is 24.6 Å². The smallest absolute Gasteiger partial charge is 0.133 e. The molecule has 0 heterocycles. The first-order valence-electron chi connectivity index (χ1n) is 7.56. The Morgan fingerprint density at radius 2 is 1.88 bits per heavy atom. The fourth-order valence-corrected chi connectivity index (χ4v) is 2.44. The fraction of sp³-hybridized carbons (Fsp3) is 0.100.